The number of nitrogens with zero attached hydrogens (tertiary/aromatic N) is 4. The van der Waals surface area contributed by atoms with Crippen LogP contribution in [0.3, 0.4) is 0 Å². The minimum Gasteiger partial charge on any atom is -0.366 e. The van der Waals surface area contributed by atoms with Gasteiger partial charge in [0.2, 0.25) is 6.41 Å². The number of halogens is 1. The van der Waals surface area contributed by atoms with Gasteiger partial charge in [0.15, 0.2) is 0 Å². The maximum Gasteiger partial charge on any atom is 0.312 e. The minimum atomic E-state index is -0.523. The fraction of sp³-hybridized carbons (Fsp3) is 0.471. The van der Waals surface area contributed by atoms with Crippen LogP contribution in [0.2, 0.25) is 0 Å². The number of piperazine rings is 2. The minimum absolute atomic E-state index is 0.286. The third-order valence-electron chi connectivity index (χ3n) is 4.69. The lowest BCUT2D eigenvalue weighted by Crippen LogP contribution is -2.56. The average molecular weight is 348 g/mol. The number of carbonyl (C=O) groups excluding carboxylic acids is 3. The van der Waals surface area contributed by atoms with Crippen molar-refractivity contribution in [3.8, 4) is 0 Å². The standard InChI is InChI=1S/C17H21FN4O3/c18-14-3-1-2-4-15(14)20-9-11-22(12-10-20)17(25)16(24)21-7-5-19(13-23)6-8-21/h1-4,13H,5-12H2. The van der Waals surface area contributed by atoms with E-state index in [1.807, 2.05) is 4.90 Å². The summed E-state index contributed by atoms with van der Waals surface area (Å²) in [5, 5.41) is 0. The van der Waals surface area contributed by atoms with Gasteiger partial charge in [-0.15, -0.1) is 0 Å². The Bertz CT molecular complexity index is 653. The molecule has 0 saturated carbocycles. The lowest BCUT2D eigenvalue weighted by atomic mass is 10.2. The normalized spacial score (nSPS) is 18.3. The van der Waals surface area contributed by atoms with E-state index in [1.165, 1.54) is 15.9 Å². The van der Waals surface area contributed by atoms with E-state index < -0.39 is 11.8 Å². The molecule has 2 saturated heterocycles. The number of anilines is 1. The third-order valence-corrected chi connectivity index (χ3v) is 4.69. The van der Waals surface area contributed by atoms with Gasteiger partial charge in [-0.05, 0) is 12.1 Å². The highest BCUT2D eigenvalue weighted by atomic mass is 19.1. The Hall–Kier alpha value is -2.64. The van der Waals surface area contributed by atoms with Crippen molar-refractivity contribution < 1.29 is 18.8 Å². The van der Waals surface area contributed by atoms with Gasteiger partial charge in [-0.1, -0.05) is 12.1 Å². The van der Waals surface area contributed by atoms with Crippen LogP contribution in [0.4, 0.5) is 10.1 Å². The molecule has 2 aliphatic rings. The molecule has 2 fully saturated rings. The summed E-state index contributed by atoms with van der Waals surface area (Å²) in [4.78, 5) is 42.0. The largest absolute Gasteiger partial charge is 0.366 e. The summed E-state index contributed by atoms with van der Waals surface area (Å²) in [6, 6.07) is 6.54. The Morgan fingerprint density at radius 3 is 1.88 bits per heavy atom. The van der Waals surface area contributed by atoms with E-state index in [0.29, 0.717) is 58.0 Å². The monoisotopic (exact) mass is 348 g/mol. The Balaban J connectivity index is 1.54. The van der Waals surface area contributed by atoms with Gasteiger partial charge in [0, 0.05) is 52.4 Å². The van der Waals surface area contributed by atoms with Crippen LogP contribution in [0, 0.1) is 5.82 Å². The van der Waals surface area contributed by atoms with Crippen LogP contribution in [0.15, 0.2) is 24.3 Å². The number of amides is 3. The van der Waals surface area contributed by atoms with Gasteiger partial charge in [-0.25, -0.2) is 4.39 Å². The van der Waals surface area contributed by atoms with Crippen molar-refractivity contribution in [2.24, 2.45) is 0 Å². The van der Waals surface area contributed by atoms with Crippen LogP contribution in [-0.4, -0.2) is 85.3 Å². The van der Waals surface area contributed by atoms with Gasteiger partial charge in [-0.2, -0.15) is 0 Å². The van der Waals surface area contributed by atoms with Crippen molar-refractivity contribution in [1.82, 2.24) is 14.7 Å². The number of benzene rings is 1. The fourth-order valence-corrected chi connectivity index (χ4v) is 3.16. The topological polar surface area (TPSA) is 64.2 Å². The molecule has 0 spiro atoms. The van der Waals surface area contributed by atoms with Crippen molar-refractivity contribution in [2.75, 3.05) is 57.3 Å². The number of carbonyl (C=O) groups is 3. The van der Waals surface area contributed by atoms with Gasteiger partial charge in [0.1, 0.15) is 5.82 Å². The van der Waals surface area contributed by atoms with Crippen molar-refractivity contribution in [3.63, 3.8) is 0 Å². The Morgan fingerprint density at radius 2 is 1.36 bits per heavy atom. The highest BCUT2D eigenvalue weighted by molar-refractivity contribution is 6.35. The Labute approximate surface area is 145 Å². The zero-order valence-corrected chi connectivity index (χ0v) is 13.9. The van der Waals surface area contributed by atoms with Crippen LogP contribution in [-0.2, 0) is 14.4 Å². The number of rotatable bonds is 2. The van der Waals surface area contributed by atoms with E-state index in [9.17, 15) is 18.8 Å². The summed E-state index contributed by atoms with van der Waals surface area (Å²) in [6.07, 6.45) is 0.756. The van der Waals surface area contributed by atoms with Crippen LogP contribution in [0.5, 0.6) is 0 Å². The lowest BCUT2D eigenvalue weighted by molar-refractivity contribution is -0.153. The van der Waals surface area contributed by atoms with Gasteiger partial charge < -0.3 is 19.6 Å². The molecule has 0 aromatic heterocycles. The van der Waals surface area contributed by atoms with E-state index in [0.717, 1.165) is 6.41 Å². The number of hydrogen-bond acceptors (Lipinski definition) is 4. The quantitative estimate of drug-likeness (QED) is 0.547. The molecule has 0 atom stereocenters. The zero-order chi connectivity index (χ0) is 17.8. The lowest BCUT2D eigenvalue weighted by Gasteiger charge is -2.37. The van der Waals surface area contributed by atoms with Gasteiger partial charge in [-0.3, -0.25) is 14.4 Å². The first-order chi connectivity index (χ1) is 12.1. The second-order valence-electron chi connectivity index (χ2n) is 6.16. The van der Waals surface area contributed by atoms with Crippen LogP contribution in [0.25, 0.3) is 0 Å². The molecule has 1 aromatic rings. The van der Waals surface area contributed by atoms with Crippen molar-refractivity contribution >= 4 is 23.9 Å². The number of para-hydroxylation sites is 1. The molecule has 1 aromatic carbocycles. The maximum absolute atomic E-state index is 13.9. The van der Waals surface area contributed by atoms with Gasteiger partial charge >= 0.3 is 11.8 Å². The first-order valence-electron chi connectivity index (χ1n) is 8.37. The molecule has 0 unspecified atom stereocenters. The van der Waals surface area contributed by atoms with Crippen LogP contribution >= 0.6 is 0 Å². The molecular formula is C17H21FN4O3. The first kappa shape index (κ1) is 17.2. The molecule has 0 bridgehead atoms. The molecule has 0 N–H and O–H groups in total. The predicted octanol–water partition coefficient (Wildman–Crippen LogP) is -0.225. The molecule has 2 heterocycles. The molecule has 0 radical (unpaired) electrons. The maximum atomic E-state index is 13.9. The smallest absolute Gasteiger partial charge is 0.312 e. The van der Waals surface area contributed by atoms with Crippen LogP contribution < -0.4 is 4.90 Å². The van der Waals surface area contributed by atoms with Crippen molar-refractivity contribution in [2.45, 2.75) is 0 Å². The first-order valence-corrected chi connectivity index (χ1v) is 8.37. The summed E-state index contributed by atoms with van der Waals surface area (Å²) in [5.74, 6) is -1.33. The van der Waals surface area contributed by atoms with Crippen molar-refractivity contribution in [1.29, 1.82) is 0 Å². The van der Waals surface area contributed by atoms with E-state index in [1.54, 1.807) is 23.1 Å². The van der Waals surface area contributed by atoms with Crippen molar-refractivity contribution in [3.05, 3.63) is 30.1 Å². The average Bonchev–Trinajstić information content (AvgIpc) is 2.67. The Morgan fingerprint density at radius 1 is 0.840 bits per heavy atom. The molecule has 8 heteroatoms. The third kappa shape index (κ3) is 3.72. The highest BCUT2D eigenvalue weighted by Gasteiger charge is 2.31. The zero-order valence-electron chi connectivity index (χ0n) is 13.9. The molecule has 3 amide bonds. The summed E-state index contributed by atoms with van der Waals surface area (Å²) in [5.41, 5.74) is 0.519. The molecule has 134 valence electrons. The second-order valence-corrected chi connectivity index (χ2v) is 6.16. The SMILES string of the molecule is O=CN1CCN(C(=O)C(=O)N2CCN(c3ccccc3F)CC2)CC1. The highest BCUT2D eigenvalue weighted by Crippen LogP contribution is 2.20. The van der Waals surface area contributed by atoms with Crippen LogP contribution in [0.1, 0.15) is 0 Å². The van der Waals surface area contributed by atoms with Gasteiger partial charge in [0.05, 0.1) is 5.69 Å². The predicted molar refractivity (Wildman–Crippen MR) is 89.4 cm³/mol. The summed E-state index contributed by atoms with van der Waals surface area (Å²) >= 11 is 0. The molecule has 2 aliphatic heterocycles. The second kappa shape index (κ2) is 7.50. The summed E-state index contributed by atoms with van der Waals surface area (Å²) < 4.78 is 13.9. The van der Waals surface area contributed by atoms with E-state index in [2.05, 4.69) is 0 Å². The van der Waals surface area contributed by atoms with E-state index >= 15 is 0 Å². The van der Waals surface area contributed by atoms with E-state index in [4.69, 9.17) is 0 Å². The molecule has 7 nitrogen and oxygen atoms in total. The molecular weight excluding hydrogens is 327 g/mol. The molecule has 3 rings (SSSR count). The summed E-state index contributed by atoms with van der Waals surface area (Å²) in [7, 11) is 0. The fourth-order valence-electron chi connectivity index (χ4n) is 3.16. The molecule has 25 heavy (non-hydrogen) atoms. The summed E-state index contributed by atoms with van der Waals surface area (Å²) in [6.45, 7) is 3.38. The Kier molecular flexibility index (Phi) is 5.16. The van der Waals surface area contributed by atoms with Gasteiger partial charge in [0.25, 0.3) is 0 Å². The molecule has 0 aliphatic carbocycles. The van der Waals surface area contributed by atoms with E-state index in [-0.39, 0.29) is 5.82 Å². The number of hydrogen-bond donors (Lipinski definition) is 0.